The number of anilines is 1. The largest absolute Gasteiger partial charge is 0.360 e. The third kappa shape index (κ3) is 5.71. The van der Waals surface area contributed by atoms with Crippen molar-refractivity contribution >= 4 is 29.4 Å². The molecule has 1 aromatic heterocycles. The topological polar surface area (TPSA) is 84.2 Å². The lowest BCUT2D eigenvalue weighted by Gasteiger charge is -2.26. The number of nitrogens with zero attached hydrogens (tertiary/aromatic N) is 1. The number of carbonyl (C=O) groups is 2. The van der Waals surface area contributed by atoms with E-state index in [9.17, 15) is 9.59 Å². The van der Waals surface area contributed by atoms with Crippen molar-refractivity contribution in [3.8, 4) is 0 Å². The molecule has 0 saturated heterocycles. The lowest BCUT2D eigenvalue weighted by atomic mass is 9.87. The summed E-state index contributed by atoms with van der Waals surface area (Å²) >= 11 is 1.30. The molecule has 2 rings (SSSR count). The molecule has 1 heterocycles. The number of hydrogen-bond acceptors (Lipinski definition) is 5. The van der Waals surface area contributed by atoms with Gasteiger partial charge >= 0.3 is 0 Å². The number of rotatable bonds is 6. The zero-order valence-electron chi connectivity index (χ0n) is 13.1. The van der Waals surface area contributed by atoms with Gasteiger partial charge in [0.05, 0.1) is 11.5 Å². The van der Waals surface area contributed by atoms with E-state index in [1.165, 1.54) is 24.6 Å². The molecule has 122 valence electrons. The first-order valence-electron chi connectivity index (χ1n) is 7.63. The summed E-state index contributed by atoms with van der Waals surface area (Å²) in [5.74, 6) is 2.17. The molecular weight excluding hydrogens is 302 g/mol. The van der Waals surface area contributed by atoms with Gasteiger partial charge in [-0.25, -0.2) is 0 Å². The van der Waals surface area contributed by atoms with Crippen LogP contribution in [0.2, 0.25) is 0 Å². The summed E-state index contributed by atoms with van der Waals surface area (Å²) in [6.45, 7) is 4.01. The van der Waals surface area contributed by atoms with Crippen LogP contribution >= 0.6 is 11.8 Å². The summed E-state index contributed by atoms with van der Waals surface area (Å²) in [6.07, 6.45) is 4.47. The average molecular weight is 325 g/mol. The zero-order valence-corrected chi connectivity index (χ0v) is 13.9. The highest BCUT2D eigenvalue weighted by molar-refractivity contribution is 8.00. The van der Waals surface area contributed by atoms with Crippen LogP contribution < -0.4 is 10.6 Å². The maximum atomic E-state index is 11.8. The predicted molar refractivity (Wildman–Crippen MR) is 86.8 cm³/mol. The normalized spacial score (nSPS) is 21.4. The lowest BCUT2D eigenvalue weighted by molar-refractivity contribution is -0.119. The second-order valence-corrected chi connectivity index (χ2v) is 6.87. The molecular formula is C15H23N3O3S. The highest BCUT2D eigenvalue weighted by Gasteiger charge is 2.19. The Morgan fingerprint density at radius 1 is 1.27 bits per heavy atom. The van der Waals surface area contributed by atoms with Crippen molar-refractivity contribution in [1.82, 2.24) is 10.5 Å². The van der Waals surface area contributed by atoms with Crippen LogP contribution in [0, 0.1) is 12.8 Å². The molecule has 1 saturated carbocycles. The van der Waals surface area contributed by atoms with Gasteiger partial charge in [-0.05, 0) is 38.5 Å². The smallest absolute Gasteiger partial charge is 0.235 e. The molecule has 7 heteroatoms. The Balaban J connectivity index is 1.59. The Hall–Kier alpha value is -1.50. The Bertz CT molecular complexity index is 510. The Morgan fingerprint density at radius 3 is 2.59 bits per heavy atom. The van der Waals surface area contributed by atoms with E-state index in [0.717, 1.165) is 18.8 Å². The first-order valence-corrected chi connectivity index (χ1v) is 8.78. The molecule has 1 fully saturated rings. The Kier molecular flexibility index (Phi) is 6.30. The Morgan fingerprint density at radius 2 is 1.95 bits per heavy atom. The van der Waals surface area contributed by atoms with Crippen molar-refractivity contribution in [3.63, 3.8) is 0 Å². The SMILES string of the molecule is Cc1cc(NC(=O)CSCC(=O)NC2CCC(C)CC2)no1. The van der Waals surface area contributed by atoms with Gasteiger partial charge in [0.1, 0.15) is 5.76 Å². The second-order valence-electron chi connectivity index (χ2n) is 5.89. The van der Waals surface area contributed by atoms with Gasteiger partial charge in [-0.2, -0.15) is 0 Å². The minimum absolute atomic E-state index is 0.00892. The zero-order chi connectivity index (χ0) is 15.9. The molecule has 22 heavy (non-hydrogen) atoms. The molecule has 0 atom stereocenters. The maximum absolute atomic E-state index is 11.8. The Labute approximate surface area is 134 Å². The summed E-state index contributed by atoms with van der Waals surface area (Å²) in [5, 5.41) is 9.36. The van der Waals surface area contributed by atoms with Gasteiger partial charge in [0.2, 0.25) is 11.8 Å². The van der Waals surface area contributed by atoms with E-state index in [4.69, 9.17) is 4.52 Å². The number of hydrogen-bond donors (Lipinski definition) is 2. The van der Waals surface area contributed by atoms with Gasteiger partial charge in [0.15, 0.2) is 5.82 Å². The summed E-state index contributed by atoms with van der Waals surface area (Å²) in [7, 11) is 0. The van der Waals surface area contributed by atoms with E-state index < -0.39 is 0 Å². The number of carbonyl (C=O) groups excluding carboxylic acids is 2. The molecule has 0 aliphatic heterocycles. The first kappa shape index (κ1) is 16.9. The number of amides is 2. The number of nitrogens with one attached hydrogen (secondary N) is 2. The molecule has 1 aliphatic rings. The summed E-state index contributed by atoms with van der Waals surface area (Å²) < 4.78 is 4.86. The highest BCUT2D eigenvalue weighted by Crippen LogP contribution is 2.23. The quantitative estimate of drug-likeness (QED) is 0.839. The summed E-state index contributed by atoms with van der Waals surface area (Å²) in [5.41, 5.74) is 0. The van der Waals surface area contributed by atoms with Crippen molar-refractivity contribution in [2.45, 2.75) is 45.6 Å². The van der Waals surface area contributed by atoms with Gasteiger partial charge in [-0.3, -0.25) is 9.59 Å². The third-order valence-electron chi connectivity index (χ3n) is 3.74. The van der Waals surface area contributed by atoms with E-state index in [-0.39, 0.29) is 17.6 Å². The molecule has 0 spiro atoms. The molecule has 6 nitrogen and oxygen atoms in total. The van der Waals surface area contributed by atoms with Crippen molar-refractivity contribution in [1.29, 1.82) is 0 Å². The second kappa shape index (κ2) is 8.22. The van der Waals surface area contributed by atoms with Gasteiger partial charge < -0.3 is 15.2 Å². The fourth-order valence-corrected chi connectivity index (χ4v) is 3.14. The summed E-state index contributed by atoms with van der Waals surface area (Å²) in [4.78, 5) is 23.5. The van der Waals surface area contributed by atoms with Crippen LogP contribution in [0.4, 0.5) is 5.82 Å². The van der Waals surface area contributed by atoms with Crippen LogP contribution in [0.3, 0.4) is 0 Å². The van der Waals surface area contributed by atoms with Crippen molar-refractivity contribution in [3.05, 3.63) is 11.8 Å². The van der Waals surface area contributed by atoms with Crippen LogP contribution in [0.25, 0.3) is 0 Å². The van der Waals surface area contributed by atoms with Gasteiger partial charge in [0.25, 0.3) is 0 Å². The fourth-order valence-electron chi connectivity index (χ4n) is 2.51. The van der Waals surface area contributed by atoms with E-state index in [0.29, 0.717) is 23.4 Å². The van der Waals surface area contributed by atoms with E-state index in [1.54, 1.807) is 13.0 Å². The molecule has 0 unspecified atom stereocenters. The van der Waals surface area contributed by atoms with E-state index >= 15 is 0 Å². The predicted octanol–water partition coefficient (Wildman–Crippen LogP) is 2.35. The van der Waals surface area contributed by atoms with Crippen molar-refractivity contribution in [2.24, 2.45) is 5.92 Å². The van der Waals surface area contributed by atoms with E-state index in [2.05, 4.69) is 22.7 Å². The molecule has 1 aromatic rings. The molecule has 0 bridgehead atoms. The van der Waals surface area contributed by atoms with E-state index in [1.807, 2.05) is 0 Å². The van der Waals surface area contributed by atoms with Crippen molar-refractivity contribution in [2.75, 3.05) is 16.8 Å². The van der Waals surface area contributed by atoms with Crippen LogP contribution in [0.1, 0.15) is 38.4 Å². The van der Waals surface area contributed by atoms with Crippen LogP contribution in [0.5, 0.6) is 0 Å². The lowest BCUT2D eigenvalue weighted by Crippen LogP contribution is -2.38. The highest BCUT2D eigenvalue weighted by atomic mass is 32.2. The number of aromatic nitrogens is 1. The molecule has 1 aliphatic carbocycles. The number of thioether (sulfide) groups is 1. The monoisotopic (exact) mass is 325 g/mol. The first-order chi connectivity index (χ1) is 10.5. The van der Waals surface area contributed by atoms with Crippen LogP contribution in [-0.2, 0) is 9.59 Å². The third-order valence-corrected chi connectivity index (χ3v) is 4.68. The molecule has 0 radical (unpaired) electrons. The van der Waals surface area contributed by atoms with Crippen LogP contribution in [0.15, 0.2) is 10.6 Å². The minimum Gasteiger partial charge on any atom is -0.360 e. The number of aryl methyl sites for hydroxylation is 1. The minimum atomic E-state index is -0.183. The van der Waals surface area contributed by atoms with Gasteiger partial charge in [-0.15, -0.1) is 11.8 Å². The fraction of sp³-hybridized carbons (Fsp3) is 0.667. The van der Waals surface area contributed by atoms with Gasteiger partial charge in [0, 0.05) is 12.1 Å². The summed E-state index contributed by atoms with van der Waals surface area (Å²) in [6, 6.07) is 1.95. The maximum Gasteiger partial charge on any atom is 0.235 e. The molecule has 2 amide bonds. The van der Waals surface area contributed by atoms with Crippen molar-refractivity contribution < 1.29 is 14.1 Å². The molecule has 2 N–H and O–H groups in total. The van der Waals surface area contributed by atoms with Crippen LogP contribution in [-0.4, -0.2) is 34.5 Å². The average Bonchev–Trinajstić information content (AvgIpc) is 2.86. The van der Waals surface area contributed by atoms with Gasteiger partial charge in [-0.1, -0.05) is 12.1 Å². The molecule has 0 aromatic carbocycles. The standard InChI is InChI=1S/C15H23N3O3S/c1-10-3-5-12(6-4-10)16-14(19)8-22-9-15(20)17-13-7-11(2)21-18-13/h7,10,12H,3-6,8-9H2,1-2H3,(H,16,19)(H,17,18,20).